The average Bonchev–Trinajstić information content (AvgIpc) is 2.35. The number of nitrogens with one attached hydrogen (secondary N) is 1. The molecule has 0 aliphatic heterocycles. The third-order valence-electron chi connectivity index (χ3n) is 2.09. The first-order valence-electron chi connectivity index (χ1n) is 5.04. The van der Waals surface area contributed by atoms with E-state index in [1.807, 2.05) is 0 Å². The number of nitrogens with zero attached hydrogens (tertiary/aromatic N) is 1. The lowest BCUT2D eigenvalue weighted by Gasteiger charge is -2.05. The number of methoxy groups -OCH3 is 1. The van der Waals surface area contributed by atoms with Crippen molar-refractivity contribution in [3.8, 4) is 11.8 Å². The van der Waals surface area contributed by atoms with Crippen molar-refractivity contribution in [3.63, 3.8) is 0 Å². The number of carbonyl (C=O) groups excluding carboxylic acids is 2. The zero-order valence-electron chi connectivity index (χ0n) is 9.94. The van der Waals surface area contributed by atoms with Crippen molar-refractivity contribution in [1.82, 2.24) is 5.32 Å². The van der Waals surface area contributed by atoms with E-state index in [2.05, 4.69) is 0 Å². The standard InChI is InChI=1S/C12H10ClN3O3/c1-19-10-3-2-9(13)5-7(10)4-8(6-14)11(17)16-12(15)18/h2-5H,1H3,(H3,15,16,17,18)/b8-4-. The number of primary amides is 1. The van der Waals surface area contributed by atoms with Crippen molar-refractivity contribution in [2.24, 2.45) is 5.73 Å². The molecule has 0 aliphatic carbocycles. The molecule has 3 N–H and O–H groups in total. The fourth-order valence-corrected chi connectivity index (χ4v) is 1.48. The van der Waals surface area contributed by atoms with Crippen LogP contribution in [0.4, 0.5) is 4.79 Å². The van der Waals surface area contributed by atoms with Crippen LogP contribution >= 0.6 is 11.6 Å². The lowest BCUT2D eigenvalue weighted by molar-refractivity contribution is -0.115. The van der Waals surface area contributed by atoms with Crippen LogP contribution < -0.4 is 15.8 Å². The Hall–Kier alpha value is -2.52. The molecule has 0 atom stereocenters. The number of amides is 3. The van der Waals surface area contributed by atoms with E-state index >= 15 is 0 Å². The molecule has 6 nitrogen and oxygen atoms in total. The van der Waals surface area contributed by atoms with Gasteiger partial charge in [0.1, 0.15) is 17.4 Å². The topological polar surface area (TPSA) is 105 Å². The Bertz CT molecular complexity index is 590. The number of nitriles is 1. The van der Waals surface area contributed by atoms with E-state index < -0.39 is 11.9 Å². The van der Waals surface area contributed by atoms with E-state index in [9.17, 15) is 9.59 Å². The number of ether oxygens (including phenoxy) is 1. The monoisotopic (exact) mass is 279 g/mol. The van der Waals surface area contributed by atoms with Gasteiger partial charge in [0.05, 0.1) is 7.11 Å². The van der Waals surface area contributed by atoms with Gasteiger partial charge in [-0.25, -0.2) is 4.79 Å². The van der Waals surface area contributed by atoms with Crippen LogP contribution in [0.2, 0.25) is 5.02 Å². The van der Waals surface area contributed by atoms with Gasteiger partial charge in [0.2, 0.25) is 0 Å². The molecule has 1 aromatic rings. The SMILES string of the molecule is COc1ccc(Cl)cc1/C=C(/C#N)C(=O)NC(N)=O. The summed E-state index contributed by atoms with van der Waals surface area (Å²) in [6.07, 6.45) is 1.25. The van der Waals surface area contributed by atoms with Gasteiger partial charge in [-0.2, -0.15) is 5.26 Å². The maximum Gasteiger partial charge on any atom is 0.319 e. The number of hydrogen-bond donors (Lipinski definition) is 2. The molecular weight excluding hydrogens is 270 g/mol. The summed E-state index contributed by atoms with van der Waals surface area (Å²) in [5.41, 5.74) is 4.95. The first-order chi connectivity index (χ1) is 8.97. The third-order valence-corrected chi connectivity index (χ3v) is 2.33. The maximum atomic E-state index is 11.5. The minimum Gasteiger partial charge on any atom is -0.496 e. The van der Waals surface area contributed by atoms with Gasteiger partial charge in [0, 0.05) is 10.6 Å². The summed E-state index contributed by atoms with van der Waals surface area (Å²) >= 11 is 5.82. The molecule has 0 saturated carbocycles. The van der Waals surface area contributed by atoms with Gasteiger partial charge in [-0.05, 0) is 24.3 Å². The van der Waals surface area contributed by atoms with E-state index in [0.29, 0.717) is 16.3 Å². The van der Waals surface area contributed by atoms with E-state index in [1.54, 1.807) is 23.5 Å². The number of nitrogens with two attached hydrogens (primary N) is 1. The van der Waals surface area contributed by atoms with Crippen molar-refractivity contribution in [3.05, 3.63) is 34.4 Å². The molecule has 19 heavy (non-hydrogen) atoms. The Kier molecular flexibility index (Phi) is 4.92. The van der Waals surface area contributed by atoms with E-state index in [0.717, 1.165) is 0 Å². The van der Waals surface area contributed by atoms with E-state index in [-0.39, 0.29) is 5.57 Å². The summed E-state index contributed by atoms with van der Waals surface area (Å²) in [6, 6.07) is 5.35. The Balaban J connectivity index is 3.18. The third kappa shape index (κ3) is 4.01. The molecular formula is C12H10ClN3O3. The zero-order valence-corrected chi connectivity index (χ0v) is 10.7. The Labute approximate surface area is 114 Å². The Morgan fingerprint density at radius 2 is 2.21 bits per heavy atom. The Morgan fingerprint density at radius 3 is 2.74 bits per heavy atom. The largest absolute Gasteiger partial charge is 0.496 e. The summed E-state index contributed by atoms with van der Waals surface area (Å²) in [5, 5.41) is 11.1. The summed E-state index contributed by atoms with van der Waals surface area (Å²) in [4.78, 5) is 22.1. The number of benzene rings is 1. The maximum absolute atomic E-state index is 11.5. The molecule has 7 heteroatoms. The van der Waals surface area contributed by atoms with Crippen molar-refractivity contribution < 1.29 is 14.3 Å². The van der Waals surface area contributed by atoms with Crippen molar-refractivity contribution in [2.75, 3.05) is 7.11 Å². The van der Waals surface area contributed by atoms with Crippen LogP contribution in [0, 0.1) is 11.3 Å². The number of halogens is 1. The number of rotatable bonds is 3. The highest BCUT2D eigenvalue weighted by Gasteiger charge is 2.12. The fourth-order valence-electron chi connectivity index (χ4n) is 1.30. The highest BCUT2D eigenvalue weighted by atomic mass is 35.5. The normalized spacial score (nSPS) is 10.5. The highest BCUT2D eigenvalue weighted by Crippen LogP contribution is 2.24. The summed E-state index contributed by atoms with van der Waals surface area (Å²) in [7, 11) is 1.44. The van der Waals surface area contributed by atoms with Crippen molar-refractivity contribution in [2.45, 2.75) is 0 Å². The van der Waals surface area contributed by atoms with Gasteiger partial charge < -0.3 is 10.5 Å². The molecule has 0 heterocycles. The van der Waals surface area contributed by atoms with Crippen LogP contribution in [0.5, 0.6) is 5.75 Å². The minimum atomic E-state index is -1.04. The summed E-state index contributed by atoms with van der Waals surface area (Å²) < 4.78 is 5.07. The van der Waals surface area contributed by atoms with Crippen LogP contribution in [-0.2, 0) is 4.79 Å². The first-order valence-corrected chi connectivity index (χ1v) is 5.42. The quantitative estimate of drug-likeness (QED) is 0.645. The van der Waals surface area contributed by atoms with E-state index in [1.165, 1.54) is 19.3 Å². The van der Waals surface area contributed by atoms with Gasteiger partial charge in [-0.15, -0.1) is 0 Å². The fraction of sp³-hybridized carbons (Fsp3) is 0.0833. The van der Waals surface area contributed by atoms with Crippen LogP contribution in [0.1, 0.15) is 5.56 Å². The molecule has 0 fully saturated rings. The van der Waals surface area contributed by atoms with Gasteiger partial charge in [0.25, 0.3) is 5.91 Å². The predicted molar refractivity (Wildman–Crippen MR) is 69.3 cm³/mol. The molecule has 1 aromatic carbocycles. The van der Waals surface area contributed by atoms with Gasteiger partial charge in [0.15, 0.2) is 0 Å². The van der Waals surface area contributed by atoms with Crippen LogP contribution in [0.25, 0.3) is 6.08 Å². The van der Waals surface area contributed by atoms with E-state index in [4.69, 9.17) is 27.3 Å². The highest BCUT2D eigenvalue weighted by molar-refractivity contribution is 6.30. The van der Waals surface area contributed by atoms with Gasteiger partial charge in [-0.3, -0.25) is 10.1 Å². The molecule has 3 amide bonds. The summed E-state index contributed by atoms with van der Waals surface area (Å²) in [5.74, 6) is -0.457. The molecule has 1 rings (SSSR count). The van der Waals surface area contributed by atoms with Crippen molar-refractivity contribution in [1.29, 1.82) is 5.26 Å². The second kappa shape index (κ2) is 6.42. The average molecular weight is 280 g/mol. The molecule has 0 radical (unpaired) electrons. The second-order valence-corrected chi connectivity index (χ2v) is 3.81. The summed E-state index contributed by atoms with van der Waals surface area (Å²) in [6.45, 7) is 0. The molecule has 0 aromatic heterocycles. The van der Waals surface area contributed by atoms with Crippen molar-refractivity contribution >= 4 is 29.6 Å². The van der Waals surface area contributed by atoms with Crippen LogP contribution in [0.3, 0.4) is 0 Å². The molecule has 98 valence electrons. The lowest BCUT2D eigenvalue weighted by Crippen LogP contribution is -2.35. The number of hydrogen-bond acceptors (Lipinski definition) is 4. The zero-order chi connectivity index (χ0) is 14.4. The Morgan fingerprint density at radius 1 is 1.53 bits per heavy atom. The lowest BCUT2D eigenvalue weighted by atomic mass is 10.1. The molecule has 0 saturated heterocycles. The first kappa shape index (κ1) is 14.5. The molecule has 0 unspecified atom stereocenters. The molecule has 0 spiro atoms. The number of imide groups is 1. The van der Waals surface area contributed by atoms with Crippen LogP contribution in [0.15, 0.2) is 23.8 Å². The van der Waals surface area contributed by atoms with Gasteiger partial charge >= 0.3 is 6.03 Å². The minimum absolute atomic E-state index is 0.292. The molecule has 0 aliphatic rings. The number of carbonyl (C=O) groups is 2. The van der Waals surface area contributed by atoms with Gasteiger partial charge in [-0.1, -0.05) is 11.6 Å². The predicted octanol–water partition coefficient (Wildman–Crippen LogP) is 1.45. The smallest absolute Gasteiger partial charge is 0.319 e. The second-order valence-electron chi connectivity index (χ2n) is 3.37. The number of urea groups is 1. The molecule has 0 bridgehead atoms. The van der Waals surface area contributed by atoms with Crippen LogP contribution in [-0.4, -0.2) is 19.0 Å².